The van der Waals surface area contributed by atoms with Gasteiger partial charge in [0.1, 0.15) is 11.5 Å². The van der Waals surface area contributed by atoms with Gasteiger partial charge >= 0.3 is 6.03 Å². The van der Waals surface area contributed by atoms with Crippen molar-refractivity contribution in [3.8, 4) is 22.6 Å². The number of imide groups is 1. The quantitative estimate of drug-likeness (QED) is 0.409. The number of carbonyl (C=O) groups excluding carboxylic acids is 2. The van der Waals surface area contributed by atoms with Crippen molar-refractivity contribution in [3.05, 3.63) is 65.2 Å². The maximum atomic E-state index is 11.8. The number of nitro groups is 1. The standard InChI is InChI=1S/C19H19N3O6/c1-3-10-20-19(24)21-18(23)12-28-17-9-6-14(22(25)26)11-16(17)13-4-7-15(27-2)8-5-13/h3-9,11H,1,10,12H2,2H3,(H2,20,21,23,24). The molecule has 28 heavy (non-hydrogen) atoms. The monoisotopic (exact) mass is 385 g/mol. The first-order chi connectivity index (χ1) is 13.4. The Hall–Kier alpha value is -3.88. The fourth-order valence-electron chi connectivity index (χ4n) is 2.27. The van der Waals surface area contributed by atoms with Crippen LogP contribution in [0.5, 0.6) is 11.5 Å². The highest BCUT2D eigenvalue weighted by atomic mass is 16.6. The van der Waals surface area contributed by atoms with Crippen LogP contribution >= 0.6 is 0 Å². The Bertz CT molecular complexity index is 880. The minimum Gasteiger partial charge on any atom is -0.497 e. The van der Waals surface area contributed by atoms with Gasteiger partial charge in [-0.2, -0.15) is 0 Å². The second kappa shape index (κ2) is 9.72. The maximum Gasteiger partial charge on any atom is 0.321 e. The van der Waals surface area contributed by atoms with E-state index in [1.807, 2.05) is 0 Å². The van der Waals surface area contributed by atoms with Crippen LogP contribution < -0.4 is 20.1 Å². The molecule has 0 unspecified atom stereocenters. The predicted octanol–water partition coefficient (Wildman–Crippen LogP) is 2.66. The number of ether oxygens (including phenoxy) is 2. The van der Waals surface area contributed by atoms with Crippen LogP contribution in [0.1, 0.15) is 0 Å². The summed E-state index contributed by atoms with van der Waals surface area (Å²) < 4.78 is 10.6. The fraction of sp³-hybridized carbons (Fsp3) is 0.158. The summed E-state index contributed by atoms with van der Waals surface area (Å²) in [5.41, 5.74) is 0.954. The first kappa shape index (κ1) is 20.4. The van der Waals surface area contributed by atoms with Gasteiger partial charge in [0, 0.05) is 24.2 Å². The number of methoxy groups -OCH3 is 1. The van der Waals surface area contributed by atoms with Crippen LogP contribution in [-0.2, 0) is 4.79 Å². The van der Waals surface area contributed by atoms with Gasteiger partial charge in [0.05, 0.1) is 12.0 Å². The topological polar surface area (TPSA) is 120 Å². The SMILES string of the molecule is C=CCNC(=O)NC(=O)COc1ccc([N+](=O)[O-])cc1-c1ccc(OC)cc1. The molecule has 2 aromatic carbocycles. The summed E-state index contributed by atoms with van der Waals surface area (Å²) in [7, 11) is 1.53. The summed E-state index contributed by atoms with van der Waals surface area (Å²) in [5.74, 6) is 0.222. The van der Waals surface area contributed by atoms with E-state index < -0.39 is 23.5 Å². The molecule has 9 heteroatoms. The Kier molecular flexibility index (Phi) is 7.09. The molecule has 2 rings (SSSR count). The Morgan fingerprint density at radius 1 is 1.21 bits per heavy atom. The summed E-state index contributed by atoms with van der Waals surface area (Å²) in [6.07, 6.45) is 1.47. The van der Waals surface area contributed by atoms with Gasteiger partial charge in [0.15, 0.2) is 6.61 Å². The number of nitrogens with one attached hydrogen (secondary N) is 2. The van der Waals surface area contributed by atoms with Gasteiger partial charge in [-0.25, -0.2) is 4.79 Å². The molecule has 3 amide bonds. The smallest absolute Gasteiger partial charge is 0.321 e. The van der Waals surface area contributed by atoms with Gasteiger partial charge in [0.25, 0.3) is 11.6 Å². The molecule has 9 nitrogen and oxygen atoms in total. The fourth-order valence-corrected chi connectivity index (χ4v) is 2.27. The molecular weight excluding hydrogens is 366 g/mol. The van der Waals surface area contributed by atoms with Crippen LogP contribution in [0.25, 0.3) is 11.1 Å². The van der Waals surface area contributed by atoms with E-state index in [2.05, 4.69) is 17.2 Å². The summed E-state index contributed by atoms with van der Waals surface area (Å²) in [4.78, 5) is 33.9. The van der Waals surface area contributed by atoms with Crippen LogP contribution in [0.15, 0.2) is 55.1 Å². The number of amides is 3. The van der Waals surface area contributed by atoms with Crippen LogP contribution in [-0.4, -0.2) is 37.1 Å². The van der Waals surface area contributed by atoms with Crippen molar-refractivity contribution >= 4 is 17.6 Å². The van der Waals surface area contributed by atoms with E-state index in [1.165, 1.54) is 31.4 Å². The Labute approximate surface area is 161 Å². The summed E-state index contributed by atoms with van der Waals surface area (Å²) in [5, 5.41) is 15.6. The number of nitro benzene ring substituents is 1. The van der Waals surface area contributed by atoms with E-state index in [-0.39, 0.29) is 18.0 Å². The Balaban J connectivity index is 2.18. The number of carbonyl (C=O) groups is 2. The molecule has 0 aliphatic rings. The normalized spacial score (nSPS) is 9.89. The van der Waals surface area contributed by atoms with Gasteiger partial charge < -0.3 is 14.8 Å². The van der Waals surface area contributed by atoms with E-state index in [1.54, 1.807) is 24.3 Å². The summed E-state index contributed by atoms with van der Waals surface area (Å²) in [6.45, 7) is 3.22. The van der Waals surface area contributed by atoms with Crippen LogP contribution in [0.2, 0.25) is 0 Å². The lowest BCUT2D eigenvalue weighted by Crippen LogP contribution is -2.41. The van der Waals surface area contributed by atoms with Crippen LogP contribution in [0.4, 0.5) is 10.5 Å². The first-order valence-electron chi connectivity index (χ1n) is 8.19. The minimum atomic E-state index is -0.674. The van der Waals surface area contributed by atoms with Gasteiger partial charge in [-0.1, -0.05) is 18.2 Å². The zero-order chi connectivity index (χ0) is 20.5. The zero-order valence-electron chi connectivity index (χ0n) is 15.1. The third-order valence-electron chi connectivity index (χ3n) is 3.59. The highest BCUT2D eigenvalue weighted by molar-refractivity contribution is 5.95. The lowest BCUT2D eigenvalue weighted by Gasteiger charge is -2.12. The molecule has 146 valence electrons. The number of benzene rings is 2. The molecule has 0 aromatic heterocycles. The average molecular weight is 385 g/mol. The molecule has 0 fully saturated rings. The molecule has 2 aromatic rings. The molecule has 0 atom stereocenters. The van der Waals surface area contributed by atoms with Crippen molar-refractivity contribution in [2.24, 2.45) is 0 Å². The van der Waals surface area contributed by atoms with Crippen molar-refractivity contribution in [1.82, 2.24) is 10.6 Å². The third kappa shape index (κ3) is 5.56. The number of hydrogen-bond acceptors (Lipinski definition) is 6. The third-order valence-corrected chi connectivity index (χ3v) is 3.59. The van der Waals surface area contributed by atoms with E-state index in [9.17, 15) is 19.7 Å². The average Bonchev–Trinajstić information content (AvgIpc) is 2.70. The molecule has 0 heterocycles. The zero-order valence-corrected chi connectivity index (χ0v) is 15.1. The van der Waals surface area contributed by atoms with Gasteiger partial charge in [0.2, 0.25) is 0 Å². The van der Waals surface area contributed by atoms with Gasteiger partial charge in [-0.05, 0) is 23.8 Å². The largest absolute Gasteiger partial charge is 0.497 e. The van der Waals surface area contributed by atoms with E-state index in [0.717, 1.165) is 0 Å². The van der Waals surface area contributed by atoms with Crippen molar-refractivity contribution in [1.29, 1.82) is 0 Å². The minimum absolute atomic E-state index is 0.119. The Morgan fingerprint density at radius 2 is 1.93 bits per heavy atom. The van der Waals surface area contributed by atoms with Crippen LogP contribution in [0, 0.1) is 10.1 Å². The second-order valence-corrected chi connectivity index (χ2v) is 5.50. The van der Waals surface area contributed by atoms with Gasteiger partial charge in [-0.3, -0.25) is 20.2 Å². The molecule has 0 saturated heterocycles. The molecule has 0 aliphatic heterocycles. The van der Waals surface area contributed by atoms with E-state index >= 15 is 0 Å². The van der Waals surface area contributed by atoms with Gasteiger partial charge in [-0.15, -0.1) is 6.58 Å². The molecule has 2 N–H and O–H groups in total. The second-order valence-electron chi connectivity index (χ2n) is 5.50. The highest BCUT2D eigenvalue weighted by Crippen LogP contribution is 2.34. The molecular formula is C19H19N3O6. The Morgan fingerprint density at radius 3 is 2.54 bits per heavy atom. The van der Waals surface area contributed by atoms with E-state index in [4.69, 9.17) is 9.47 Å². The lowest BCUT2D eigenvalue weighted by molar-refractivity contribution is -0.384. The lowest BCUT2D eigenvalue weighted by atomic mass is 10.0. The number of hydrogen-bond donors (Lipinski definition) is 2. The molecule has 0 spiro atoms. The molecule has 0 radical (unpaired) electrons. The van der Waals surface area contributed by atoms with Crippen LogP contribution in [0.3, 0.4) is 0 Å². The summed E-state index contributed by atoms with van der Waals surface area (Å²) in [6, 6.07) is 10.2. The number of rotatable bonds is 8. The number of non-ortho nitro benzene ring substituents is 1. The molecule has 0 saturated carbocycles. The van der Waals surface area contributed by atoms with Crippen molar-refractivity contribution < 1.29 is 24.0 Å². The first-order valence-corrected chi connectivity index (χ1v) is 8.19. The number of nitrogens with zero attached hydrogens (tertiary/aromatic N) is 1. The highest BCUT2D eigenvalue weighted by Gasteiger charge is 2.15. The summed E-state index contributed by atoms with van der Waals surface area (Å²) >= 11 is 0. The van der Waals surface area contributed by atoms with E-state index in [0.29, 0.717) is 16.9 Å². The van der Waals surface area contributed by atoms with Crippen molar-refractivity contribution in [3.63, 3.8) is 0 Å². The predicted molar refractivity (Wildman–Crippen MR) is 102 cm³/mol. The molecule has 0 aliphatic carbocycles. The van der Waals surface area contributed by atoms with Crippen molar-refractivity contribution in [2.45, 2.75) is 0 Å². The van der Waals surface area contributed by atoms with Crippen molar-refractivity contribution in [2.75, 3.05) is 20.3 Å². The number of urea groups is 1. The maximum absolute atomic E-state index is 11.8. The molecule has 0 bridgehead atoms.